The van der Waals surface area contributed by atoms with Crippen LogP contribution in [-0.2, 0) is 4.74 Å². The van der Waals surface area contributed by atoms with Crippen LogP contribution in [0.4, 0.5) is 0 Å². The SMILES string of the molecule is O=C(OC1CCCC1)c1ccc2cnc3c(ccc4cccnc43)c2c1. The molecule has 1 fully saturated rings. The van der Waals surface area contributed by atoms with Crippen LogP contribution in [0.3, 0.4) is 0 Å². The van der Waals surface area contributed by atoms with E-state index >= 15 is 0 Å². The molecule has 0 unspecified atom stereocenters. The van der Waals surface area contributed by atoms with Crippen molar-refractivity contribution in [1.82, 2.24) is 9.97 Å². The summed E-state index contributed by atoms with van der Waals surface area (Å²) in [5.41, 5.74) is 2.33. The van der Waals surface area contributed by atoms with Crippen LogP contribution in [0.2, 0.25) is 0 Å². The summed E-state index contributed by atoms with van der Waals surface area (Å²) in [4.78, 5) is 21.6. The van der Waals surface area contributed by atoms with Gasteiger partial charge in [-0.25, -0.2) is 4.79 Å². The molecule has 0 bridgehead atoms. The number of benzene rings is 2. The van der Waals surface area contributed by atoms with Gasteiger partial charge in [0.25, 0.3) is 0 Å². The van der Waals surface area contributed by atoms with Crippen LogP contribution >= 0.6 is 0 Å². The maximum absolute atomic E-state index is 12.5. The van der Waals surface area contributed by atoms with Gasteiger partial charge in [0.1, 0.15) is 6.10 Å². The first-order valence-corrected chi connectivity index (χ1v) is 9.07. The first-order valence-electron chi connectivity index (χ1n) is 9.07. The third-order valence-electron chi connectivity index (χ3n) is 5.24. The molecule has 26 heavy (non-hydrogen) atoms. The van der Waals surface area contributed by atoms with E-state index in [0.717, 1.165) is 58.3 Å². The third kappa shape index (κ3) is 2.49. The van der Waals surface area contributed by atoms with Crippen LogP contribution in [0, 0.1) is 0 Å². The summed E-state index contributed by atoms with van der Waals surface area (Å²) in [6.07, 6.45) is 7.94. The van der Waals surface area contributed by atoms with Gasteiger partial charge in [-0.15, -0.1) is 0 Å². The quantitative estimate of drug-likeness (QED) is 0.378. The molecule has 0 radical (unpaired) electrons. The van der Waals surface area contributed by atoms with Crippen molar-refractivity contribution in [2.24, 2.45) is 0 Å². The fraction of sp³-hybridized carbons (Fsp3) is 0.227. The highest BCUT2D eigenvalue weighted by atomic mass is 16.5. The second-order valence-electron chi connectivity index (χ2n) is 6.91. The van der Waals surface area contributed by atoms with Crippen LogP contribution in [0.5, 0.6) is 0 Å². The lowest BCUT2D eigenvalue weighted by atomic mass is 10.0. The monoisotopic (exact) mass is 342 g/mol. The molecule has 0 saturated heterocycles. The molecule has 4 heteroatoms. The largest absolute Gasteiger partial charge is 0.459 e. The van der Waals surface area contributed by atoms with Crippen molar-refractivity contribution in [3.8, 4) is 0 Å². The normalized spacial score (nSPS) is 15.1. The fourth-order valence-corrected chi connectivity index (χ4v) is 3.87. The van der Waals surface area contributed by atoms with Gasteiger partial charge in [-0.1, -0.05) is 24.3 Å². The molecule has 2 aromatic carbocycles. The second-order valence-corrected chi connectivity index (χ2v) is 6.91. The lowest BCUT2D eigenvalue weighted by Crippen LogP contribution is -2.14. The molecule has 0 atom stereocenters. The van der Waals surface area contributed by atoms with E-state index in [1.54, 1.807) is 6.20 Å². The molecule has 1 aliphatic carbocycles. The predicted molar refractivity (Wildman–Crippen MR) is 102 cm³/mol. The number of carbonyl (C=O) groups is 1. The highest BCUT2D eigenvalue weighted by Crippen LogP contribution is 2.29. The van der Waals surface area contributed by atoms with Crippen LogP contribution in [0.25, 0.3) is 32.6 Å². The number of hydrogen-bond donors (Lipinski definition) is 0. The van der Waals surface area contributed by atoms with E-state index in [9.17, 15) is 4.79 Å². The number of pyridine rings is 2. The molecular weight excluding hydrogens is 324 g/mol. The Kier molecular flexibility index (Phi) is 3.56. The van der Waals surface area contributed by atoms with Crippen LogP contribution in [-0.4, -0.2) is 22.0 Å². The van der Waals surface area contributed by atoms with E-state index in [1.165, 1.54) is 0 Å². The van der Waals surface area contributed by atoms with Crippen molar-refractivity contribution in [3.05, 3.63) is 60.4 Å². The molecule has 2 heterocycles. The summed E-state index contributed by atoms with van der Waals surface area (Å²) < 4.78 is 5.66. The van der Waals surface area contributed by atoms with E-state index in [0.29, 0.717) is 5.56 Å². The van der Waals surface area contributed by atoms with Gasteiger partial charge in [0.05, 0.1) is 16.6 Å². The van der Waals surface area contributed by atoms with Gasteiger partial charge >= 0.3 is 5.97 Å². The van der Waals surface area contributed by atoms with Gasteiger partial charge in [0, 0.05) is 28.6 Å². The van der Waals surface area contributed by atoms with E-state index in [-0.39, 0.29) is 12.1 Å². The number of carbonyl (C=O) groups excluding carboxylic acids is 1. The average Bonchev–Trinajstić information content (AvgIpc) is 3.20. The van der Waals surface area contributed by atoms with Crippen molar-refractivity contribution in [3.63, 3.8) is 0 Å². The Morgan fingerprint density at radius 2 is 1.77 bits per heavy atom. The molecule has 128 valence electrons. The van der Waals surface area contributed by atoms with Crippen LogP contribution in [0.1, 0.15) is 36.0 Å². The van der Waals surface area contributed by atoms with E-state index in [1.807, 2.05) is 36.5 Å². The minimum absolute atomic E-state index is 0.0699. The Labute approximate surface area is 150 Å². The molecule has 1 saturated carbocycles. The number of rotatable bonds is 2. The maximum Gasteiger partial charge on any atom is 0.338 e. The first kappa shape index (κ1) is 15.3. The van der Waals surface area contributed by atoms with Crippen molar-refractivity contribution < 1.29 is 9.53 Å². The minimum Gasteiger partial charge on any atom is -0.459 e. The van der Waals surface area contributed by atoms with Crippen molar-refractivity contribution in [1.29, 1.82) is 0 Å². The first-order chi connectivity index (χ1) is 12.8. The van der Waals surface area contributed by atoms with E-state index < -0.39 is 0 Å². The average molecular weight is 342 g/mol. The summed E-state index contributed by atoms with van der Waals surface area (Å²) in [7, 11) is 0. The molecule has 0 N–H and O–H groups in total. The Morgan fingerprint density at radius 1 is 0.923 bits per heavy atom. The third-order valence-corrected chi connectivity index (χ3v) is 5.24. The molecule has 0 amide bonds. The Hall–Kier alpha value is -3.01. The van der Waals surface area contributed by atoms with Crippen LogP contribution in [0.15, 0.2) is 54.9 Å². The number of hydrogen-bond acceptors (Lipinski definition) is 4. The van der Waals surface area contributed by atoms with Gasteiger partial charge in [0.2, 0.25) is 0 Å². The molecular formula is C22H18N2O2. The molecule has 4 aromatic rings. The number of fused-ring (bicyclic) bond motifs is 5. The predicted octanol–water partition coefficient (Wildman–Crippen LogP) is 5.04. The van der Waals surface area contributed by atoms with Gasteiger partial charge in [-0.2, -0.15) is 0 Å². The zero-order valence-electron chi connectivity index (χ0n) is 14.3. The minimum atomic E-state index is -0.234. The van der Waals surface area contributed by atoms with Crippen molar-refractivity contribution >= 4 is 38.5 Å². The summed E-state index contributed by atoms with van der Waals surface area (Å²) in [5.74, 6) is -0.234. The Morgan fingerprint density at radius 3 is 2.65 bits per heavy atom. The molecule has 1 aliphatic rings. The smallest absolute Gasteiger partial charge is 0.338 e. The molecule has 2 aromatic heterocycles. The maximum atomic E-state index is 12.5. The Balaban J connectivity index is 1.65. The molecule has 4 nitrogen and oxygen atoms in total. The standard InChI is InChI=1S/C22H18N2O2/c25-22(26-17-5-1-2-6-17)15-7-8-16-13-24-21-18(19(16)12-15)10-9-14-4-3-11-23-20(14)21/h3-4,7-13,17H,1-2,5-6H2. The van der Waals surface area contributed by atoms with Gasteiger partial charge in [-0.3, -0.25) is 9.97 Å². The second kappa shape index (κ2) is 6.06. The Bertz CT molecular complexity index is 1150. The fourth-order valence-electron chi connectivity index (χ4n) is 3.87. The van der Waals surface area contributed by atoms with Gasteiger partial charge in [-0.05, 0) is 49.3 Å². The zero-order valence-corrected chi connectivity index (χ0v) is 14.3. The highest BCUT2D eigenvalue weighted by molar-refractivity contribution is 6.14. The lowest BCUT2D eigenvalue weighted by molar-refractivity contribution is 0.0318. The number of esters is 1. The van der Waals surface area contributed by atoms with Crippen LogP contribution < -0.4 is 0 Å². The van der Waals surface area contributed by atoms with Gasteiger partial charge in [0.15, 0.2) is 0 Å². The summed E-state index contributed by atoms with van der Waals surface area (Å²) in [6, 6.07) is 13.7. The molecule has 0 spiro atoms. The summed E-state index contributed by atoms with van der Waals surface area (Å²) in [6.45, 7) is 0. The number of aromatic nitrogens is 2. The number of nitrogens with zero attached hydrogens (tertiary/aromatic N) is 2. The highest BCUT2D eigenvalue weighted by Gasteiger charge is 2.20. The molecule has 0 aliphatic heterocycles. The molecule has 5 rings (SSSR count). The summed E-state index contributed by atoms with van der Waals surface area (Å²) in [5, 5.41) is 4.07. The van der Waals surface area contributed by atoms with Crippen molar-refractivity contribution in [2.75, 3.05) is 0 Å². The van der Waals surface area contributed by atoms with E-state index in [2.05, 4.69) is 22.1 Å². The summed E-state index contributed by atoms with van der Waals surface area (Å²) >= 11 is 0. The zero-order chi connectivity index (χ0) is 17.5. The lowest BCUT2D eigenvalue weighted by Gasteiger charge is -2.12. The van der Waals surface area contributed by atoms with E-state index in [4.69, 9.17) is 4.74 Å². The topological polar surface area (TPSA) is 52.1 Å². The van der Waals surface area contributed by atoms with Crippen molar-refractivity contribution in [2.45, 2.75) is 31.8 Å². The van der Waals surface area contributed by atoms with Gasteiger partial charge < -0.3 is 4.74 Å². The number of ether oxygens (including phenoxy) is 1.